The fraction of sp³-hybridized carbons (Fsp3) is 0.292. The Morgan fingerprint density at radius 3 is 2.41 bits per heavy atom. The van der Waals surface area contributed by atoms with Crippen LogP contribution in [0.1, 0.15) is 43.0 Å². The van der Waals surface area contributed by atoms with E-state index in [9.17, 15) is 19.5 Å². The van der Waals surface area contributed by atoms with Gasteiger partial charge in [0.05, 0.1) is 29.3 Å². The molecule has 168 valence electrons. The second kappa shape index (κ2) is 9.44. The van der Waals surface area contributed by atoms with Gasteiger partial charge in [-0.1, -0.05) is 30.7 Å². The first-order valence-corrected chi connectivity index (χ1v) is 10.5. The van der Waals surface area contributed by atoms with Gasteiger partial charge in [-0.15, -0.1) is 0 Å². The second-order valence-corrected chi connectivity index (χ2v) is 7.89. The summed E-state index contributed by atoms with van der Waals surface area (Å²) < 4.78 is 10.4. The number of carbonyl (C=O) groups is 3. The topological polar surface area (TPSA) is 93.1 Å². The number of benzene rings is 2. The minimum absolute atomic E-state index is 0.0522. The summed E-state index contributed by atoms with van der Waals surface area (Å²) >= 11 is 6.28. The summed E-state index contributed by atoms with van der Waals surface area (Å²) in [5.74, 6) is -1.76. The Labute approximate surface area is 191 Å². The number of hydrogen-bond acceptors (Lipinski definition) is 6. The lowest BCUT2D eigenvalue weighted by Gasteiger charge is -2.25. The summed E-state index contributed by atoms with van der Waals surface area (Å²) in [6, 6.07) is 8.98. The number of Topliss-reactive ketones (excluding diaryl/α,β-unsaturated/α-hetero) is 1. The van der Waals surface area contributed by atoms with E-state index in [2.05, 4.69) is 0 Å². The summed E-state index contributed by atoms with van der Waals surface area (Å²) in [6.45, 7) is 5.31. The van der Waals surface area contributed by atoms with Crippen LogP contribution >= 0.6 is 11.6 Å². The maximum absolute atomic E-state index is 13.0. The van der Waals surface area contributed by atoms with Crippen LogP contribution < -0.4 is 9.47 Å². The van der Waals surface area contributed by atoms with Gasteiger partial charge in [0.2, 0.25) is 0 Å². The van der Waals surface area contributed by atoms with Gasteiger partial charge in [-0.3, -0.25) is 14.4 Å². The summed E-state index contributed by atoms with van der Waals surface area (Å²) in [7, 11) is 1.41. The van der Waals surface area contributed by atoms with Gasteiger partial charge in [-0.25, -0.2) is 0 Å². The minimum atomic E-state index is -0.815. The summed E-state index contributed by atoms with van der Waals surface area (Å²) in [6.07, 6.45) is 0.620. The molecule has 1 amide bonds. The number of hydrogen-bond donors (Lipinski definition) is 1. The van der Waals surface area contributed by atoms with Crippen LogP contribution in [0.5, 0.6) is 11.5 Å². The zero-order chi connectivity index (χ0) is 23.6. The van der Waals surface area contributed by atoms with E-state index in [1.165, 1.54) is 18.9 Å². The highest BCUT2D eigenvalue weighted by atomic mass is 35.5. The number of ether oxygens (including phenoxy) is 2. The smallest absolute Gasteiger partial charge is 0.308 e. The average Bonchev–Trinajstić information content (AvgIpc) is 2.98. The Balaban J connectivity index is 2.21. The van der Waals surface area contributed by atoms with Crippen molar-refractivity contribution < 1.29 is 29.0 Å². The lowest BCUT2D eigenvalue weighted by Crippen LogP contribution is -2.30. The molecule has 1 unspecified atom stereocenters. The van der Waals surface area contributed by atoms with Crippen LogP contribution in [0.4, 0.5) is 0 Å². The van der Waals surface area contributed by atoms with Crippen LogP contribution in [0.2, 0.25) is 5.02 Å². The molecule has 0 bridgehead atoms. The number of halogens is 1. The van der Waals surface area contributed by atoms with Crippen molar-refractivity contribution in [2.45, 2.75) is 33.2 Å². The fourth-order valence-electron chi connectivity index (χ4n) is 3.84. The van der Waals surface area contributed by atoms with Crippen LogP contribution in [-0.4, -0.2) is 41.3 Å². The molecule has 0 aliphatic carbocycles. The van der Waals surface area contributed by atoms with Gasteiger partial charge in [0.25, 0.3) is 11.7 Å². The van der Waals surface area contributed by atoms with E-state index in [-0.39, 0.29) is 27.7 Å². The zero-order valence-corrected chi connectivity index (χ0v) is 19.0. The predicted octanol–water partition coefficient (Wildman–Crippen LogP) is 4.41. The molecule has 2 aromatic carbocycles. The predicted molar refractivity (Wildman–Crippen MR) is 120 cm³/mol. The van der Waals surface area contributed by atoms with Gasteiger partial charge >= 0.3 is 5.97 Å². The van der Waals surface area contributed by atoms with Crippen LogP contribution in [0.15, 0.2) is 42.0 Å². The third kappa shape index (κ3) is 4.34. The number of likely N-dealkylation sites (tertiary alicyclic amines) is 1. The SMILES string of the molecule is CCCN1C(=O)C(=O)/C(=C(/O)c2cc(C)cc(Cl)c2OC)C1c1ccc(OC(C)=O)cc1. The number of methoxy groups -OCH3 is 1. The quantitative estimate of drug-likeness (QED) is 0.227. The van der Waals surface area contributed by atoms with E-state index < -0.39 is 23.7 Å². The second-order valence-electron chi connectivity index (χ2n) is 7.48. The molecule has 8 heteroatoms. The molecule has 32 heavy (non-hydrogen) atoms. The number of amides is 1. The van der Waals surface area contributed by atoms with E-state index in [1.54, 1.807) is 43.3 Å². The molecule has 3 rings (SSSR count). The molecule has 0 aromatic heterocycles. The Morgan fingerprint density at radius 1 is 1.19 bits per heavy atom. The largest absolute Gasteiger partial charge is 0.507 e. The van der Waals surface area contributed by atoms with E-state index in [0.29, 0.717) is 24.3 Å². The number of esters is 1. The molecule has 1 fully saturated rings. The van der Waals surface area contributed by atoms with Crippen molar-refractivity contribution in [3.8, 4) is 11.5 Å². The first kappa shape index (κ1) is 23.3. The monoisotopic (exact) mass is 457 g/mol. The van der Waals surface area contributed by atoms with Gasteiger partial charge in [0.15, 0.2) is 0 Å². The highest BCUT2D eigenvalue weighted by Gasteiger charge is 2.46. The first-order valence-electron chi connectivity index (χ1n) is 10.1. The van der Waals surface area contributed by atoms with Gasteiger partial charge in [-0.2, -0.15) is 0 Å². The van der Waals surface area contributed by atoms with E-state index in [1.807, 2.05) is 6.92 Å². The van der Waals surface area contributed by atoms with Crippen LogP contribution in [0.3, 0.4) is 0 Å². The highest BCUT2D eigenvalue weighted by molar-refractivity contribution is 6.46. The van der Waals surface area contributed by atoms with Crippen LogP contribution in [0.25, 0.3) is 5.76 Å². The molecular formula is C24H24ClNO6. The molecule has 0 radical (unpaired) electrons. The van der Waals surface area contributed by atoms with Crippen molar-refractivity contribution in [2.75, 3.05) is 13.7 Å². The number of nitrogens with zero attached hydrogens (tertiary/aromatic N) is 1. The van der Waals surface area contributed by atoms with Crippen molar-refractivity contribution in [1.29, 1.82) is 0 Å². The lowest BCUT2D eigenvalue weighted by molar-refractivity contribution is -0.139. The normalized spacial score (nSPS) is 17.5. The first-order chi connectivity index (χ1) is 15.2. The lowest BCUT2D eigenvalue weighted by atomic mass is 9.94. The third-order valence-electron chi connectivity index (χ3n) is 5.11. The molecule has 7 nitrogen and oxygen atoms in total. The summed E-state index contributed by atoms with van der Waals surface area (Å²) in [5.41, 5.74) is 1.52. The average molecular weight is 458 g/mol. The molecule has 1 saturated heterocycles. The molecule has 0 saturated carbocycles. The van der Waals surface area contributed by atoms with Crippen molar-refractivity contribution in [3.63, 3.8) is 0 Å². The van der Waals surface area contributed by atoms with Crippen LogP contribution in [0, 0.1) is 6.92 Å². The van der Waals surface area contributed by atoms with E-state index >= 15 is 0 Å². The number of rotatable bonds is 6. The van der Waals surface area contributed by atoms with E-state index in [0.717, 1.165) is 5.56 Å². The minimum Gasteiger partial charge on any atom is -0.507 e. The van der Waals surface area contributed by atoms with Crippen molar-refractivity contribution >= 4 is 35.0 Å². The van der Waals surface area contributed by atoms with Crippen molar-refractivity contribution in [1.82, 2.24) is 4.90 Å². The molecule has 1 aliphatic heterocycles. The van der Waals surface area contributed by atoms with Gasteiger partial charge in [-0.05, 0) is 48.7 Å². The van der Waals surface area contributed by atoms with Crippen LogP contribution in [-0.2, 0) is 14.4 Å². The van der Waals surface area contributed by atoms with Gasteiger partial charge < -0.3 is 19.5 Å². The summed E-state index contributed by atoms with van der Waals surface area (Å²) in [4.78, 5) is 38.5. The molecule has 2 aromatic rings. The maximum atomic E-state index is 13.0. The Morgan fingerprint density at radius 2 is 1.84 bits per heavy atom. The molecule has 1 heterocycles. The number of aliphatic hydroxyl groups is 1. The molecular weight excluding hydrogens is 434 g/mol. The molecule has 1 aliphatic rings. The molecule has 1 atom stereocenters. The standard InChI is InChI=1S/C24H24ClNO6/c1-5-10-26-20(15-6-8-16(9-7-15)32-14(3)27)19(22(29)24(26)30)21(28)17-11-13(2)12-18(25)23(17)31-4/h6-9,11-12,20,28H,5,10H2,1-4H3/b21-19+. The Kier molecular flexibility index (Phi) is 6.89. The third-order valence-corrected chi connectivity index (χ3v) is 5.39. The van der Waals surface area contributed by atoms with Crippen molar-refractivity contribution in [2.24, 2.45) is 0 Å². The molecule has 1 N–H and O–H groups in total. The number of aryl methyl sites for hydroxylation is 1. The fourth-order valence-corrected chi connectivity index (χ4v) is 4.19. The summed E-state index contributed by atoms with van der Waals surface area (Å²) in [5, 5.41) is 11.5. The zero-order valence-electron chi connectivity index (χ0n) is 18.3. The number of carbonyl (C=O) groups excluding carboxylic acids is 3. The van der Waals surface area contributed by atoms with Gasteiger partial charge in [0, 0.05) is 13.5 Å². The van der Waals surface area contributed by atoms with Gasteiger partial charge in [0.1, 0.15) is 17.3 Å². The Bertz CT molecular complexity index is 1110. The Hall–Kier alpha value is -3.32. The number of aliphatic hydroxyl groups excluding tert-OH is 1. The highest BCUT2D eigenvalue weighted by Crippen LogP contribution is 2.43. The molecule has 0 spiro atoms. The van der Waals surface area contributed by atoms with Crippen molar-refractivity contribution in [3.05, 3.63) is 63.7 Å². The maximum Gasteiger partial charge on any atom is 0.308 e. The van der Waals surface area contributed by atoms with E-state index in [4.69, 9.17) is 21.1 Å². The number of ketones is 1.